The van der Waals surface area contributed by atoms with Crippen LogP contribution in [0.5, 0.6) is 0 Å². The van der Waals surface area contributed by atoms with E-state index in [1.165, 1.54) is 12.1 Å². The van der Waals surface area contributed by atoms with Crippen molar-refractivity contribution in [1.29, 1.82) is 0 Å². The summed E-state index contributed by atoms with van der Waals surface area (Å²) in [4.78, 5) is 28.4. The summed E-state index contributed by atoms with van der Waals surface area (Å²) in [6, 6.07) is 6.42. The SMILES string of the molecule is Cc1[nH]c2ccc(F)cc2c1CC(=O)N1CCN(c2ncccn2)CC1. The van der Waals surface area contributed by atoms with E-state index in [1.54, 1.807) is 24.5 Å². The number of H-pyrrole nitrogens is 1. The number of nitrogens with zero attached hydrogens (tertiary/aromatic N) is 4. The number of aromatic amines is 1. The van der Waals surface area contributed by atoms with Gasteiger partial charge >= 0.3 is 0 Å². The van der Waals surface area contributed by atoms with Gasteiger partial charge in [-0.15, -0.1) is 0 Å². The minimum Gasteiger partial charge on any atom is -0.358 e. The Bertz CT molecular complexity index is 932. The molecule has 1 aliphatic heterocycles. The van der Waals surface area contributed by atoms with E-state index in [-0.39, 0.29) is 18.1 Å². The number of benzene rings is 1. The normalized spacial score (nSPS) is 14.8. The second-order valence-electron chi connectivity index (χ2n) is 6.51. The molecule has 7 heteroatoms. The van der Waals surface area contributed by atoms with Gasteiger partial charge < -0.3 is 14.8 Å². The molecule has 2 aromatic heterocycles. The first-order valence-corrected chi connectivity index (χ1v) is 8.68. The highest BCUT2D eigenvalue weighted by atomic mass is 19.1. The van der Waals surface area contributed by atoms with Crippen molar-refractivity contribution in [1.82, 2.24) is 19.9 Å². The van der Waals surface area contributed by atoms with Crippen LogP contribution in [0.15, 0.2) is 36.7 Å². The topological polar surface area (TPSA) is 65.1 Å². The first-order valence-electron chi connectivity index (χ1n) is 8.68. The van der Waals surface area contributed by atoms with Crippen molar-refractivity contribution in [3.63, 3.8) is 0 Å². The predicted octanol–water partition coefficient (Wildman–Crippen LogP) is 2.30. The lowest BCUT2D eigenvalue weighted by Gasteiger charge is -2.34. The van der Waals surface area contributed by atoms with Crippen LogP contribution in [-0.2, 0) is 11.2 Å². The van der Waals surface area contributed by atoms with Crippen LogP contribution in [0, 0.1) is 12.7 Å². The van der Waals surface area contributed by atoms with Gasteiger partial charge in [0.05, 0.1) is 6.42 Å². The first-order chi connectivity index (χ1) is 12.6. The van der Waals surface area contributed by atoms with Crippen LogP contribution in [-0.4, -0.2) is 51.9 Å². The molecular formula is C19H20FN5O. The molecular weight excluding hydrogens is 333 g/mol. The van der Waals surface area contributed by atoms with Crippen LogP contribution in [0.4, 0.5) is 10.3 Å². The fourth-order valence-electron chi connectivity index (χ4n) is 3.46. The van der Waals surface area contributed by atoms with Gasteiger partial charge in [0.15, 0.2) is 0 Å². The Balaban J connectivity index is 1.45. The molecule has 6 nitrogen and oxygen atoms in total. The third-order valence-electron chi connectivity index (χ3n) is 4.88. The molecule has 0 bridgehead atoms. The summed E-state index contributed by atoms with van der Waals surface area (Å²) in [5.41, 5.74) is 2.64. The summed E-state index contributed by atoms with van der Waals surface area (Å²) in [5, 5.41) is 0.784. The van der Waals surface area contributed by atoms with Gasteiger partial charge in [0, 0.05) is 55.2 Å². The van der Waals surface area contributed by atoms with E-state index in [1.807, 2.05) is 11.8 Å². The lowest BCUT2D eigenvalue weighted by molar-refractivity contribution is -0.130. The Labute approximate surface area is 150 Å². The highest BCUT2D eigenvalue weighted by Crippen LogP contribution is 2.24. The second-order valence-corrected chi connectivity index (χ2v) is 6.51. The monoisotopic (exact) mass is 353 g/mol. The van der Waals surface area contributed by atoms with Crippen molar-refractivity contribution in [3.05, 3.63) is 53.7 Å². The number of halogens is 1. The van der Waals surface area contributed by atoms with E-state index >= 15 is 0 Å². The zero-order valence-electron chi connectivity index (χ0n) is 14.6. The minimum atomic E-state index is -0.290. The number of nitrogens with one attached hydrogen (secondary N) is 1. The number of carbonyl (C=O) groups excluding carboxylic acids is 1. The number of fused-ring (bicyclic) bond motifs is 1. The van der Waals surface area contributed by atoms with Gasteiger partial charge in [-0.3, -0.25) is 4.79 Å². The summed E-state index contributed by atoms with van der Waals surface area (Å²) >= 11 is 0. The van der Waals surface area contributed by atoms with Gasteiger partial charge in [-0.05, 0) is 36.8 Å². The van der Waals surface area contributed by atoms with Crippen LogP contribution in [0.25, 0.3) is 10.9 Å². The Kier molecular flexibility index (Phi) is 4.28. The zero-order valence-corrected chi connectivity index (χ0v) is 14.6. The number of aryl methyl sites for hydroxylation is 1. The maximum absolute atomic E-state index is 13.6. The van der Waals surface area contributed by atoms with Gasteiger partial charge in [0.25, 0.3) is 0 Å². The molecule has 1 fully saturated rings. The van der Waals surface area contributed by atoms with E-state index in [0.717, 1.165) is 22.2 Å². The molecule has 0 radical (unpaired) electrons. The van der Waals surface area contributed by atoms with E-state index in [9.17, 15) is 9.18 Å². The van der Waals surface area contributed by atoms with Crippen molar-refractivity contribution in [2.24, 2.45) is 0 Å². The standard InChI is InChI=1S/C19H20FN5O/c1-13-15(16-11-14(20)3-4-17(16)23-13)12-18(26)24-7-9-25(10-8-24)19-21-5-2-6-22-19/h2-6,11,23H,7-10,12H2,1H3. The first kappa shape index (κ1) is 16.5. The molecule has 0 saturated carbocycles. The molecule has 1 aromatic carbocycles. The van der Waals surface area contributed by atoms with Crippen LogP contribution < -0.4 is 4.90 Å². The van der Waals surface area contributed by atoms with Crippen molar-refractivity contribution >= 4 is 22.8 Å². The molecule has 0 spiro atoms. The molecule has 0 atom stereocenters. The minimum absolute atomic E-state index is 0.0619. The summed E-state index contributed by atoms with van der Waals surface area (Å²) in [6.45, 7) is 4.60. The molecule has 26 heavy (non-hydrogen) atoms. The number of amides is 1. The lowest BCUT2D eigenvalue weighted by Crippen LogP contribution is -2.49. The van der Waals surface area contributed by atoms with Gasteiger partial charge in [-0.2, -0.15) is 0 Å². The Hall–Kier alpha value is -2.96. The molecule has 3 heterocycles. The molecule has 0 aliphatic carbocycles. The number of carbonyl (C=O) groups is 1. The smallest absolute Gasteiger partial charge is 0.227 e. The van der Waals surface area contributed by atoms with Gasteiger partial charge in [0.2, 0.25) is 11.9 Å². The Morgan fingerprint density at radius 2 is 1.92 bits per heavy atom. The van der Waals surface area contributed by atoms with E-state index in [2.05, 4.69) is 19.9 Å². The molecule has 1 aliphatic rings. The summed E-state index contributed by atoms with van der Waals surface area (Å²) < 4.78 is 13.6. The van der Waals surface area contributed by atoms with E-state index in [0.29, 0.717) is 32.1 Å². The maximum Gasteiger partial charge on any atom is 0.227 e. The van der Waals surface area contributed by atoms with Crippen LogP contribution in [0.1, 0.15) is 11.3 Å². The zero-order chi connectivity index (χ0) is 18.1. The highest BCUT2D eigenvalue weighted by molar-refractivity contribution is 5.90. The predicted molar refractivity (Wildman–Crippen MR) is 97.5 cm³/mol. The van der Waals surface area contributed by atoms with E-state index in [4.69, 9.17) is 0 Å². The average molecular weight is 353 g/mol. The number of piperazine rings is 1. The quantitative estimate of drug-likeness (QED) is 0.785. The van der Waals surface area contributed by atoms with Crippen molar-refractivity contribution in [2.45, 2.75) is 13.3 Å². The second kappa shape index (κ2) is 6.74. The highest BCUT2D eigenvalue weighted by Gasteiger charge is 2.24. The number of hydrogen-bond acceptors (Lipinski definition) is 4. The van der Waals surface area contributed by atoms with E-state index < -0.39 is 0 Å². The van der Waals surface area contributed by atoms with Crippen molar-refractivity contribution in [3.8, 4) is 0 Å². The Morgan fingerprint density at radius 1 is 1.19 bits per heavy atom. The molecule has 1 saturated heterocycles. The molecule has 4 rings (SSSR count). The van der Waals surface area contributed by atoms with Gasteiger partial charge in [-0.25, -0.2) is 14.4 Å². The molecule has 134 valence electrons. The molecule has 3 aromatic rings. The average Bonchev–Trinajstić information content (AvgIpc) is 2.97. The largest absolute Gasteiger partial charge is 0.358 e. The van der Waals surface area contributed by atoms with Crippen molar-refractivity contribution in [2.75, 3.05) is 31.1 Å². The van der Waals surface area contributed by atoms with Gasteiger partial charge in [0.1, 0.15) is 5.82 Å². The fraction of sp³-hybridized carbons (Fsp3) is 0.316. The summed E-state index contributed by atoms with van der Waals surface area (Å²) in [7, 11) is 0. The third-order valence-corrected chi connectivity index (χ3v) is 4.88. The molecule has 0 unspecified atom stereocenters. The van der Waals surface area contributed by atoms with Crippen LogP contribution in [0.3, 0.4) is 0 Å². The third kappa shape index (κ3) is 3.12. The fourth-order valence-corrected chi connectivity index (χ4v) is 3.46. The number of anilines is 1. The number of hydrogen-bond donors (Lipinski definition) is 1. The lowest BCUT2D eigenvalue weighted by atomic mass is 10.1. The van der Waals surface area contributed by atoms with Gasteiger partial charge in [-0.1, -0.05) is 0 Å². The molecule has 1 amide bonds. The summed E-state index contributed by atoms with van der Waals surface area (Å²) in [5.74, 6) is 0.469. The van der Waals surface area contributed by atoms with Crippen LogP contribution in [0.2, 0.25) is 0 Å². The summed E-state index contributed by atoms with van der Waals surface area (Å²) in [6.07, 6.45) is 3.72. The van der Waals surface area contributed by atoms with Crippen molar-refractivity contribution < 1.29 is 9.18 Å². The maximum atomic E-state index is 13.6. The number of rotatable bonds is 3. The number of aromatic nitrogens is 3. The van der Waals surface area contributed by atoms with Crippen LogP contribution >= 0.6 is 0 Å². The molecule has 1 N–H and O–H groups in total. The Morgan fingerprint density at radius 3 is 2.65 bits per heavy atom.